The fourth-order valence-corrected chi connectivity index (χ4v) is 2.00. The molecule has 1 aliphatic rings. The molecule has 22 heavy (non-hydrogen) atoms. The van der Waals surface area contributed by atoms with Crippen LogP contribution >= 0.6 is 0 Å². The molecule has 0 aromatic heterocycles. The first kappa shape index (κ1) is 18.2. The lowest BCUT2D eigenvalue weighted by Gasteiger charge is -2.33. The van der Waals surface area contributed by atoms with Gasteiger partial charge in [0.2, 0.25) is 0 Å². The van der Waals surface area contributed by atoms with E-state index in [-0.39, 0.29) is 11.8 Å². The number of carbonyl (C=O) groups excluding carboxylic acids is 2. The molecular formula is C14H26N6O2. The molecule has 8 heteroatoms. The fraction of sp³-hybridized carbons (Fsp3) is 0.714. The molecular weight excluding hydrogens is 284 g/mol. The van der Waals surface area contributed by atoms with Crippen LogP contribution in [-0.4, -0.2) is 73.3 Å². The van der Waals surface area contributed by atoms with Gasteiger partial charge in [-0.25, -0.2) is 10.9 Å². The van der Waals surface area contributed by atoms with Gasteiger partial charge in [0.05, 0.1) is 13.1 Å². The van der Waals surface area contributed by atoms with Gasteiger partial charge in [-0.2, -0.15) is 10.2 Å². The molecule has 0 aliphatic carbocycles. The molecule has 8 nitrogen and oxygen atoms in total. The van der Waals surface area contributed by atoms with Crippen molar-refractivity contribution < 1.29 is 9.59 Å². The molecule has 1 heterocycles. The van der Waals surface area contributed by atoms with Gasteiger partial charge in [0.25, 0.3) is 11.8 Å². The summed E-state index contributed by atoms with van der Waals surface area (Å²) in [6, 6.07) is 0. The summed E-state index contributed by atoms with van der Waals surface area (Å²) in [5.74, 6) is -0.213. The van der Waals surface area contributed by atoms with Crippen molar-refractivity contribution >= 4 is 24.2 Å². The van der Waals surface area contributed by atoms with Crippen LogP contribution in [0.1, 0.15) is 26.7 Å². The summed E-state index contributed by atoms with van der Waals surface area (Å²) in [4.78, 5) is 27.4. The lowest BCUT2D eigenvalue weighted by atomic mass is 10.3. The highest BCUT2D eigenvalue weighted by atomic mass is 16.2. The molecule has 1 fully saturated rings. The van der Waals surface area contributed by atoms with E-state index in [9.17, 15) is 9.59 Å². The first-order valence-electron chi connectivity index (χ1n) is 7.71. The molecule has 0 bridgehead atoms. The molecule has 0 atom stereocenters. The minimum absolute atomic E-state index is 0.107. The zero-order chi connectivity index (χ0) is 16.2. The van der Waals surface area contributed by atoms with E-state index in [0.29, 0.717) is 13.1 Å². The first-order chi connectivity index (χ1) is 10.7. The molecule has 2 amide bonds. The molecule has 0 unspecified atom stereocenters. The minimum atomic E-state index is -0.107. The van der Waals surface area contributed by atoms with Crippen LogP contribution in [-0.2, 0) is 9.59 Å². The van der Waals surface area contributed by atoms with E-state index in [1.54, 1.807) is 12.4 Å². The Morgan fingerprint density at radius 1 is 0.864 bits per heavy atom. The van der Waals surface area contributed by atoms with E-state index >= 15 is 0 Å². The second kappa shape index (κ2) is 10.9. The Bertz CT molecular complexity index is 364. The Morgan fingerprint density at radius 2 is 1.23 bits per heavy atom. The summed E-state index contributed by atoms with van der Waals surface area (Å²) in [5, 5.41) is 7.63. The van der Waals surface area contributed by atoms with E-state index in [1.807, 2.05) is 13.8 Å². The molecule has 0 spiro atoms. The number of rotatable bonds is 8. The predicted octanol–water partition coefficient (Wildman–Crippen LogP) is -0.372. The summed E-state index contributed by atoms with van der Waals surface area (Å²) in [6.07, 6.45) is 4.91. The van der Waals surface area contributed by atoms with Crippen molar-refractivity contribution in [1.82, 2.24) is 20.7 Å². The largest absolute Gasteiger partial charge is 0.292 e. The zero-order valence-corrected chi connectivity index (χ0v) is 13.4. The smallest absolute Gasteiger partial charge is 0.254 e. The maximum Gasteiger partial charge on any atom is 0.254 e. The maximum absolute atomic E-state index is 11.6. The topological polar surface area (TPSA) is 89.4 Å². The van der Waals surface area contributed by atoms with Crippen LogP contribution in [0.25, 0.3) is 0 Å². The van der Waals surface area contributed by atoms with E-state index < -0.39 is 0 Å². The molecule has 0 aromatic carbocycles. The van der Waals surface area contributed by atoms with E-state index in [4.69, 9.17) is 0 Å². The Labute approximate surface area is 131 Å². The molecule has 1 aliphatic heterocycles. The standard InChI is InChI=1S/C14H26N6O2/c1-3-5-15-17-13(21)11-19-7-9-20(10-8-19)12-14(22)18-16-6-4-2/h5-6H,3-4,7-12H2,1-2H3,(H,17,21)(H,18,22)/b15-5+,16-6+. The van der Waals surface area contributed by atoms with Crippen LogP contribution < -0.4 is 10.9 Å². The SMILES string of the molecule is CC/C=N/NC(=O)CN1CCN(CC(=O)N/N=C/CC)CC1. The van der Waals surface area contributed by atoms with Gasteiger partial charge < -0.3 is 0 Å². The number of amides is 2. The van der Waals surface area contributed by atoms with Crippen molar-refractivity contribution in [1.29, 1.82) is 0 Å². The summed E-state index contributed by atoms with van der Waals surface area (Å²) in [7, 11) is 0. The van der Waals surface area contributed by atoms with Crippen molar-refractivity contribution in [2.24, 2.45) is 10.2 Å². The Morgan fingerprint density at radius 3 is 1.55 bits per heavy atom. The third-order valence-electron chi connectivity index (χ3n) is 3.13. The normalized spacial score (nSPS) is 17.2. The number of carbonyl (C=O) groups is 2. The van der Waals surface area contributed by atoms with Crippen molar-refractivity contribution in [3.05, 3.63) is 0 Å². The van der Waals surface area contributed by atoms with Gasteiger partial charge in [0.15, 0.2) is 0 Å². The predicted molar refractivity (Wildman–Crippen MR) is 86.7 cm³/mol. The highest BCUT2D eigenvalue weighted by Gasteiger charge is 2.20. The van der Waals surface area contributed by atoms with Gasteiger partial charge in [-0.15, -0.1) is 0 Å². The molecule has 0 saturated carbocycles. The Balaban J connectivity index is 2.20. The third kappa shape index (κ3) is 7.84. The monoisotopic (exact) mass is 310 g/mol. The quantitative estimate of drug-likeness (QED) is 0.473. The second-order valence-corrected chi connectivity index (χ2v) is 5.06. The number of nitrogens with one attached hydrogen (secondary N) is 2. The minimum Gasteiger partial charge on any atom is -0.292 e. The van der Waals surface area contributed by atoms with Gasteiger partial charge >= 0.3 is 0 Å². The van der Waals surface area contributed by atoms with Gasteiger partial charge in [-0.1, -0.05) is 13.8 Å². The van der Waals surface area contributed by atoms with Crippen molar-refractivity contribution in [2.75, 3.05) is 39.3 Å². The summed E-state index contributed by atoms with van der Waals surface area (Å²) >= 11 is 0. The summed E-state index contributed by atoms with van der Waals surface area (Å²) < 4.78 is 0. The molecule has 124 valence electrons. The third-order valence-corrected chi connectivity index (χ3v) is 3.13. The van der Waals surface area contributed by atoms with Crippen LogP contribution in [0, 0.1) is 0 Å². The average molecular weight is 310 g/mol. The molecule has 0 aromatic rings. The van der Waals surface area contributed by atoms with E-state index in [0.717, 1.165) is 39.0 Å². The van der Waals surface area contributed by atoms with Crippen molar-refractivity contribution in [2.45, 2.75) is 26.7 Å². The van der Waals surface area contributed by atoms with Crippen LogP contribution in [0.15, 0.2) is 10.2 Å². The van der Waals surface area contributed by atoms with Gasteiger partial charge in [0, 0.05) is 38.6 Å². The van der Waals surface area contributed by atoms with E-state index in [1.165, 1.54) is 0 Å². The molecule has 1 rings (SSSR count). The lowest BCUT2D eigenvalue weighted by Crippen LogP contribution is -2.51. The van der Waals surface area contributed by atoms with Gasteiger partial charge in [0.1, 0.15) is 0 Å². The zero-order valence-electron chi connectivity index (χ0n) is 13.4. The molecule has 2 N–H and O–H groups in total. The lowest BCUT2D eigenvalue weighted by molar-refractivity contribution is -0.124. The first-order valence-corrected chi connectivity index (χ1v) is 7.71. The van der Waals surface area contributed by atoms with Crippen molar-refractivity contribution in [3.8, 4) is 0 Å². The number of hydrogen-bond donors (Lipinski definition) is 2. The summed E-state index contributed by atoms with van der Waals surface area (Å²) in [5.41, 5.74) is 5.00. The highest BCUT2D eigenvalue weighted by Crippen LogP contribution is 2.00. The van der Waals surface area contributed by atoms with Crippen LogP contribution in [0.4, 0.5) is 0 Å². The number of hydrogen-bond acceptors (Lipinski definition) is 6. The van der Waals surface area contributed by atoms with Gasteiger partial charge in [-0.3, -0.25) is 19.4 Å². The number of piperazine rings is 1. The van der Waals surface area contributed by atoms with Crippen molar-refractivity contribution in [3.63, 3.8) is 0 Å². The Hall–Kier alpha value is -1.80. The number of hydrazone groups is 2. The van der Waals surface area contributed by atoms with Crippen LogP contribution in [0.5, 0.6) is 0 Å². The Kier molecular flexibility index (Phi) is 9.01. The summed E-state index contributed by atoms with van der Waals surface area (Å²) in [6.45, 7) is 7.63. The maximum atomic E-state index is 11.6. The van der Waals surface area contributed by atoms with Crippen LogP contribution in [0.2, 0.25) is 0 Å². The molecule has 1 saturated heterocycles. The highest BCUT2D eigenvalue weighted by molar-refractivity contribution is 5.79. The van der Waals surface area contributed by atoms with E-state index in [2.05, 4.69) is 30.9 Å². The average Bonchev–Trinajstić information content (AvgIpc) is 2.50. The number of nitrogens with zero attached hydrogens (tertiary/aromatic N) is 4. The second-order valence-electron chi connectivity index (χ2n) is 5.06. The molecule has 0 radical (unpaired) electrons. The fourth-order valence-electron chi connectivity index (χ4n) is 2.00. The van der Waals surface area contributed by atoms with Gasteiger partial charge in [-0.05, 0) is 12.8 Å². The van der Waals surface area contributed by atoms with Crippen LogP contribution in [0.3, 0.4) is 0 Å².